The maximum atomic E-state index is 10.9. The van der Waals surface area contributed by atoms with Crippen LogP contribution in [0.25, 0.3) is 0 Å². The van der Waals surface area contributed by atoms with Crippen molar-refractivity contribution in [2.24, 2.45) is 5.84 Å². The molecule has 0 radical (unpaired) electrons. The topological polar surface area (TPSA) is 83.6 Å². The van der Waals surface area contributed by atoms with Crippen molar-refractivity contribution >= 4 is 21.5 Å². The second kappa shape index (κ2) is 4.77. The van der Waals surface area contributed by atoms with Gasteiger partial charge < -0.3 is 0 Å². The fourth-order valence-electron chi connectivity index (χ4n) is 1.52. The molecule has 0 bridgehead atoms. The third-order valence-corrected chi connectivity index (χ3v) is 3.31. The van der Waals surface area contributed by atoms with E-state index < -0.39 is 10.1 Å². The summed E-state index contributed by atoms with van der Waals surface area (Å²) in [5.74, 6) is 5.90. The minimum absolute atomic E-state index is 0.160. The number of hydrazine groups is 1. The van der Waals surface area contributed by atoms with Crippen LogP contribution in [0.15, 0.2) is 59.5 Å². The molecule has 0 aliphatic carbocycles. The summed E-state index contributed by atoms with van der Waals surface area (Å²) in [4.78, 5) is -0.160. The maximum absolute atomic E-state index is 10.9. The van der Waals surface area contributed by atoms with E-state index in [-0.39, 0.29) is 4.90 Å². The molecule has 2 rings (SSSR count). The first-order valence-corrected chi connectivity index (χ1v) is 6.60. The third-order valence-electron chi connectivity index (χ3n) is 2.45. The highest BCUT2D eigenvalue weighted by Gasteiger charge is 2.10. The van der Waals surface area contributed by atoms with Gasteiger partial charge in [-0.25, -0.2) is 5.84 Å². The van der Waals surface area contributed by atoms with Gasteiger partial charge in [0.15, 0.2) is 0 Å². The van der Waals surface area contributed by atoms with Crippen LogP contribution in [0.3, 0.4) is 0 Å². The van der Waals surface area contributed by atoms with E-state index in [1.807, 2.05) is 30.3 Å². The summed E-state index contributed by atoms with van der Waals surface area (Å²) in [6, 6.07) is 14.9. The van der Waals surface area contributed by atoms with E-state index in [1.54, 1.807) is 0 Å². The van der Waals surface area contributed by atoms with Crippen LogP contribution in [0.5, 0.6) is 0 Å². The largest absolute Gasteiger partial charge is 0.294 e. The molecule has 6 heteroatoms. The van der Waals surface area contributed by atoms with Crippen LogP contribution in [-0.4, -0.2) is 13.0 Å². The molecular formula is C12H12N2O3S. The fourth-order valence-corrected chi connectivity index (χ4v) is 2.00. The van der Waals surface area contributed by atoms with E-state index in [0.717, 1.165) is 5.69 Å². The number of para-hydroxylation sites is 1. The number of hydrogen-bond donors (Lipinski definition) is 2. The van der Waals surface area contributed by atoms with Gasteiger partial charge in [-0.3, -0.25) is 9.56 Å². The molecule has 0 saturated carbocycles. The van der Waals surface area contributed by atoms with Crippen LogP contribution < -0.4 is 10.9 Å². The molecule has 0 amide bonds. The molecule has 0 saturated heterocycles. The summed E-state index contributed by atoms with van der Waals surface area (Å²) in [6.07, 6.45) is 0. The van der Waals surface area contributed by atoms with Crippen LogP contribution in [0.4, 0.5) is 11.4 Å². The van der Waals surface area contributed by atoms with Crippen molar-refractivity contribution in [3.63, 3.8) is 0 Å². The van der Waals surface area contributed by atoms with E-state index in [2.05, 4.69) is 0 Å². The predicted octanol–water partition coefficient (Wildman–Crippen LogP) is 1.95. The van der Waals surface area contributed by atoms with Crippen molar-refractivity contribution in [3.8, 4) is 0 Å². The molecule has 3 N–H and O–H groups in total. The number of hydrogen-bond acceptors (Lipinski definition) is 4. The average molecular weight is 264 g/mol. The van der Waals surface area contributed by atoms with Gasteiger partial charge in [0.25, 0.3) is 10.1 Å². The van der Waals surface area contributed by atoms with Gasteiger partial charge in [0.2, 0.25) is 0 Å². The lowest BCUT2D eigenvalue weighted by atomic mass is 10.2. The first-order valence-electron chi connectivity index (χ1n) is 5.16. The first-order chi connectivity index (χ1) is 8.48. The predicted molar refractivity (Wildman–Crippen MR) is 69.0 cm³/mol. The maximum Gasteiger partial charge on any atom is 0.294 e. The van der Waals surface area contributed by atoms with Crippen LogP contribution in [0.1, 0.15) is 0 Å². The second-order valence-electron chi connectivity index (χ2n) is 3.67. The minimum atomic E-state index is -4.17. The fraction of sp³-hybridized carbons (Fsp3) is 0. The SMILES string of the molecule is NN(c1ccccc1)c1ccc(S(=O)(=O)O)cc1. The van der Waals surface area contributed by atoms with Gasteiger partial charge in [0.1, 0.15) is 0 Å². The zero-order chi connectivity index (χ0) is 13.2. The van der Waals surface area contributed by atoms with Gasteiger partial charge in [0, 0.05) is 0 Å². The Labute approximate surface area is 105 Å². The summed E-state index contributed by atoms with van der Waals surface area (Å²) in [5.41, 5.74) is 1.39. The number of nitrogens with two attached hydrogens (primary N) is 1. The van der Waals surface area contributed by atoms with Gasteiger partial charge in [0.05, 0.1) is 16.3 Å². The quantitative estimate of drug-likeness (QED) is 0.503. The normalized spacial score (nSPS) is 11.2. The number of nitrogens with zero attached hydrogens (tertiary/aromatic N) is 1. The Hall–Kier alpha value is -1.89. The van der Waals surface area contributed by atoms with Gasteiger partial charge in [-0.15, -0.1) is 0 Å². The molecule has 0 aliphatic rings. The molecule has 2 aromatic carbocycles. The number of anilines is 2. The molecule has 5 nitrogen and oxygen atoms in total. The summed E-state index contributed by atoms with van der Waals surface area (Å²) in [5, 5.41) is 1.42. The van der Waals surface area contributed by atoms with E-state index in [9.17, 15) is 8.42 Å². The average Bonchev–Trinajstić information content (AvgIpc) is 2.38. The molecule has 94 valence electrons. The molecule has 0 atom stereocenters. The minimum Gasteiger partial charge on any atom is -0.282 e. The van der Waals surface area contributed by atoms with Gasteiger partial charge >= 0.3 is 0 Å². The summed E-state index contributed by atoms with van der Waals surface area (Å²) < 4.78 is 30.7. The molecule has 0 aliphatic heterocycles. The van der Waals surface area contributed by atoms with Crippen molar-refractivity contribution in [3.05, 3.63) is 54.6 Å². The van der Waals surface area contributed by atoms with Crippen molar-refractivity contribution in [2.75, 3.05) is 5.01 Å². The highest BCUT2D eigenvalue weighted by atomic mass is 32.2. The van der Waals surface area contributed by atoms with Gasteiger partial charge in [-0.05, 0) is 36.4 Å². The molecule has 0 fully saturated rings. The van der Waals surface area contributed by atoms with Crippen molar-refractivity contribution < 1.29 is 13.0 Å². The van der Waals surface area contributed by atoms with E-state index in [0.29, 0.717) is 5.69 Å². The van der Waals surface area contributed by atoms with Crippen LogP contribution in [0, 0.1) is 0 Å². The Morgan fingerprint density at radius 2 is 1.39 bits per heavy atom. The molecule has 0 heterocycles. The second-order valence-corrected chi connectivity index (χ2v) is 5.10. The Bertz CT molecular complexity index is 624. The van der Waals surface area contributed by atoms with Crippen molar-refractivity contribution in [1.82, 2.24) is 0 Å². The molecule has 2 aromatic rings. The lowest BCUT2D eigenvalue weighted by molar-refractivity contribution is 0.483. The number of benzene rings is 2. The van der Waals surface area contributed by atoms with Crippen LogP contribution in [-0.2, 0) is 10.1 Å². The monoisotopic (exact) mass is 264 g/mol. The Morgan fingerprint density at radius 1 is 0.889 bits per heavy atom. The smallest absolute Gasteiger partial charge is 0.282 e. The Kier molecular flexibility index (Phi) is 3.33. The molecular weight excluding hydrogens is 252 g/mol. The third kappa shape index (κ3) is 2.67. The van der Waals surface area contributed by atoms with Crippen molar-refractivity contribution in [2.45, 2.75) is 4.90 Å². The Balaban J connectivity index is 2.31. The lowest BCUT2D eigenvalue weighted by Gasteiger charge is -2.18. The van der Waals surface area contributed by atoms with Crippen LogP contribution in [0.2, 0.25) is 0 Å². The van der Waals surface area contributed by atoms with Gasteiger partial charge in [-0.1, -0.05) is 18.2 Å². The first kappa shape index (κ1) is 12.6. The Morgan fingerprint density at radius 3 is 1.89 bits per heavy atom. The lowest BCUT2D eigenvalue weighted by Crippen LogP contribution is -2.24. The summed E-state index contributed by atoms with van der Waals surface area (Å²) in [7, 11) is -4.17. The zero-order valence-corrected chi connectivity index (χ0v) is 10.2. The molecule has 18 heavy (non-hydrogen) atoms. The molecule has 0 aromatic heterocycles. The van der Waals surface area contributed by atoms with E-state index in [1.165, 1.54) is 29.3 Å². The molecule has 0 spiro atoms. The summed E-state index contributed by atoms with van der Waals surface area (Å²) in [6.45, 7) is 0. The molecule has 0 unspecified atom stereocenters. The van der Waals surface area contributed by atoms with Crippen LogP contribution >= 0.6 is 0 Å². The van der Waals surface area contributed by atoms with E-state index in [4.69, 9.17) is 10.4 Å². The highest BCUT2D eigenvalue weighted by Crippen LogP contribution is 2.22. The standard InChI is InChI=1S/C12H12N2O3S/c13-14(10-4-2-1-3-5-10)11-6-8-12(9-7-11)18(15,16)17/h1-9H,13H2,(H,15,16,17). The van der Waals surface area contributed by atoms with E-state index >= 15 is 0 Å². The van der Waals surface area contributed by atoms with Gasteiger partial charge in [-0.2, -0.15) is 8.42 Å². The number of rotatable bonds is 3. The van der Waals surface area contributed by atoms with Crippen molar-refractivity contribution in [1.29, 1.82) is 0 Å². The summed E-state index contributed by atoms with van der Waals surface area (Å²) >= 11 is 0. The highest BCUT2D eigenvalue weighted by molar-refractivity contribution is 7.85. The zero-order valence-electron chi connectivity index (χ0n) is 9.39.